The number of rotatable bonds is 8. The molecule has 0 radical (unpaired) electrons. The van der Waals surface area contributed by atoms with Crippen LogP contribution in [-0.4, -0.2) is 36.9 Å². The van der Waals surface area contributed by atoms with Crippen molar-refractivity contribution in [1.82, 2.24) is 4.31 Å². The zero-order valence-corrected chi connectivity index (χ0v) is 10.4. The molecule has 0 heterocycles. The first-order valence-electron chi connectivity index (χ1n) is 5.28. The molecule has 5 heteroatoms. The van der Waals surface area contributed by atoms with E-state index in [2.05, 4.69) is 6.58 Å². The van der Waals surface area contributed by atoms with E-state index in [4.69, 9.17) is 11.6 Å². The standard InChI is InChI=1S/C10H18ClNO2S/c1-2-8-12(10-5-6-10)15(13,14)9-4-3-7-11/h2,10H,1,3-9H2. The topological polar surface area (TPSA) is 37.4 Å². The molecule has 88 valence electrons. The summed E-state index contributed by atoms with van der Waals surface area (Å²) in [4.78, 5) is 0. The Morgan fingerprint density at radius 1 is 1.40 bits per heavy atom. The summed E-state index contributed by atoms with van der Waals surface area (Å²) in [5, 5.41) is 0. The van der Waals surface area contributed by atoms with E-state index in [9.17, 15) is 8.42 Å². The molecule has 1 aliphatic rings. The van der Waals surface area contributed by atoms with Gasteiger partial charge in [0.05, 0.1) is 5.75 Å². The van der Waals surface area contributed by atoms with Crippen LogP contribution in [0.1, 0.15) is 25.7 Å². The quantitative estimate of drug-likeness (QED) is 0.376. The number of sulfonamides is 1. The predicted molar refractivity (Wildman–Crippen MR) is 63.7 cm³/mol. The highest BCUT2D eigenvalue weighted by molar-refractivity contribution is 7.89. The summed E-state index contributed by atoms with van der Waals surface area (Å²) < 4.78 is 25.4. The maximum absolute atomic E-state index is 11.9. The number of alkyl halides is 1. The second kappa shape index (κ2) is 5.87. The van der Waals surface area contributed by atoms with Crippen molar-refractivity contribution in [3.63, 3.8) is 0 Å². The summed E-state index contributed by atoms with van der Waals surface area (Å²) in [6, 6.07) is 0.226. The maximum Gasteiger partial charge on any atom is 0.214 e. The first-order valence-corrected chi connectivity index (χ1v) is 7.42. The molecule has 0 spiro atoms. The van der Waals surface area contributed by atoms with Crippen molar-refractivity contribution in [1.29, 1.82) is 0 Å². The van der Waals surface area contributed by atoms with Gasteiger partial charge < -0.3 is 0 Å². The van der Waals surface area contributed by atoms with Crippen LogP contribution in [0.5, 0.6) is 0 Å². The van der Waals surface area contributed by atoms with E-state index in [0.29, 0.717) is 18.8 Å². The molecule has 0 N–H and O–H groups in total. The summed E-state index contributed by atoms with van der Waals surface area (Å²) in [7, 11) is -3.09. The molecule has 15 heavy (non-hydrogen) atoms. The van der Waals surface area contributed by atoms with Gasteiger partial charge in [-0.1, -0.05) is 6.08 Å². The van der Waals surface area contributed by atoms with E-state index >= 15 is 0 Å². The van der Waals surface area contributed by atoms with Gasteiger partial charge in [-0.25, -0.2) is 8.42 Å². The summed E-state index contributed by atoms with van der Waals surface area (Å²) >= 11 is 5.52. The van der Waals surface area contributed by atoms with Gasteiger partial charge >= 0.3 is 0 Å². The number of unbranched alkanes of at least 4 members (excludes halogenated alkanes) is 1. The lowest BCUT2D eigenvalue weighted by atomic mass is 10.4. The van der Waals surface area contributed by atoms with E-state index in [1.165, 1.54) is 0 Å². The van der Waals surface area contributed by atoms with Gasteiger partial charge in [-0.2, -0.15) is 4.31 Å². The molecule has 3 nitrogen and oxygen atoms in total. The SMILES string of the molecule is C=CCN(C1CC1)S(=O)(=O)CCCCCl. The molecule has 0 aliphatic heterocycles. The van der Waals surface area contributed by atoms with Crippen LogP contribution in [-0.2, 0) is 10.0 Å². The highest BCUT2D eigenvalue weighted by atomic mass is 35.5. The minimum atomic E-state index is -3.09. The number of hydrogen-bond donors (Lipinski definition) is 0. The molecule has 0 aromatic heterocycles. The van der Waals surface area contributed by atoms with Crippen LogP contribution in [0, 0.1) is 0 Å². The molecule has 1 saturated carbocycles. The highest BCUT2D eigenvalue weighted by Crippen LogP contribution is 2.29. The van der Waals surface area contributed by atoms with Crippen LogP contribution in [0.2, 0.25) is 0 Å². The minimum absolute atomic E-state index is 0.212. The predicted octanol–water partition coefficient (Wildman–Crippen LogP) is 1.99. The lowest BCUT2D eigenvalue weighted by molar-refractivity contribution is 0.434. The van der Waals surface area contributed by atoms with Crippen molar-refractivity contribution in [2.45, 2.75) is 31.7 Å². The third-order valence-electron chi connectivity index (χ3n) is 2.41. The van der Waals surface area contributed by atoms with Crippen LogP contribution >= 0.6 is 11.6 Å². The molecule has 0 bridgehead atoms. The lowest BCUT2D eigenvalue weighted by Gasteiger charge is -2.19. The summed E-state index contributed by atoms with van der Waals surface area (Å²) in [6.45, 7) is 4.03. The molecular formula is C10H18ClNO2S. The average Bonchev–Trinajstić information content (AvgIpc) is 2.97. The maximum atomic E-state index is 11.9. The van der Waals surface area contributed by atoms with E-state index in [1.807, 2.05) is 0 Å². The smallest absolute Gasteiger partial charge is 0.212 e. The second-order valence-electron chi connectivity index (χ2n) is 3.80. The van der Waals surface area contributed by atoms with Crippen molar-refractivity contribution in [2.75, 3.05) is 18.2 Å². The van der Waals surface area contributed by atoms with Gasteiger partial charge in [0.25, 0.3) is 0 Å². The molecule has 0 saturated heterocycles. The van der Waals surface area contributed by atoms with Gasteiger partial charge in [-0.05, 0) is 25.7 Å². The fourth-order valence-electron chi connectivity index (χ4n) is 1.48. The summed E-state index contributed by atoms with van der Waals surface area (Å²) in [5.41, 5.74) is 0. The fraction of sp³-hybridized carbons (Fsp3) is 0.800. The monoisotopic (exact) mass is 251 g/mol. The lowest BCUT2D eigenvalue weighted by Crippen LogP contribution is -2.35. The third-order valence-corrected chi connectivity index (χ3v) is 4.64. The summed E-state index contributed by atoms with van der Waals surface area (Å²) in [6.07, 6.45) is 5.03. The Hall–Kier alpha value is -0.0600. The first kappa shape index (κ1) is 13.0. The van der Waals surface area contributed by atoms with Crippen molar-refractivity contribution < 1.29 is 8.42 Å². The molecule has 0 unspecified atom stereocenters. The molecular weight excluding hydrogens is 234 g/mol. The van der Waals surface area contributed by atoms with Crippen LogP contribution < -0.4 is 0 Å². The van der Waals surface area contributed by atoms with E-state index in [-0.39, 0.29) is 11.8 Å². The van der Waals surface area contributed by atoms with E-state index < -0.39 is 10.0 Å². The second-order valence-corrected chi connectivity index (χ2v) is 6.22. The molecule has 0 aromatic carbocycles. The Bertz CT molecular complexity index is 299. The van der Waals surface area contributed by atoms with Gasteiger partial charge in [-0.15, -0.1) is 18.2 Å². The highest BCUT2D eigenvalue weighted by Gasteiger charge is 2.35. The molecule has 0 amide bonds. The van der Waals surface area contributed by atoms with E-state index in [0.717, 1.165) is 19.3 Å². The minimum Gasteiger partial charge on any atom is -0.212 e. The van der Waals surface area contributed by atoms with Crippen molar-refractivity contribution in [3.05, 3.63) is 12.7 Å². The number of nitrogens with zero attached hydrogens (tertiary/aromatic N) is 1. The largest absolute Gasteiger partial charge is 0.214 e. The zero-order valence-electron chi connectivity index (χ0n) is 8.86. The number of halogens is 1. The first-order chi connectivity index (χ1) is 7.11. The van der Waals surface area contributed by atoms with Crippen molar-refractivity contribution in [2.24, 2.45) is 0 Å². The van der Waals surface area contributed by atoms with Gasteiger partial charge in [0, 0.05) is 18.5 Å². The van der Waals surface area contributed by atoms with Crippen LogP contribution in [0.25, 0.3) is 0 Å². The van der Waals surface area contributed by atoms with Gasteiger partial charge in [0.15, 0.2) is 0 Å². The Labute approximate surface area is 97.2 Å². The zero-order chi connectivity index (χ0) is 11.3. The summed E-state index contributed by atoms with van der Waals surface area (Å²) in [5.74, 6) is 0.741. The molecule has 0 atom stereocenters. The van der Waals surface area contributed by atoms with Gasteiger partial charge in [-0.3, -0.25) is 0 Å². The van der Waals surface area contributed by atoms with Crippen LogP contribution in [0.15, 0.2) is 12.7 Å². The molecule has 0 aromatic rings. The van der Waals surface area contributed by atoms with E-state index in [1.54, 1.807) is 10.4 Å². The third kappa shape index (κ3) is 4.13. The fourth-order valence-corrected chi connectivity index (χ4v) is 3.47. The Kier molecular flexibility index (Phi) is 5.09. The Morgan fingerprint density at radius 2 is 2.07 bits per heavy atom. The Balaban J connectivity index is 2.51. The van der Waals surface area contributed by atoms with Crippen molar-refractivity contribution in [3.8, 4) is 0 Å². The molecule has 1 fully saturated rings. The normalized spacial score (nSPS) is 16.9. The molecule has 1 aliphatic carbocycles. The van der Waals surface area contributed by atoms with Gasteiger partial charge in [0.1, 0.15) is 0 Å². The number of hydrogen-bond acceptors (Lipinski definition) is 2. The van der Waals surface area contributed by atoms with Gasteiger partial charge in [0.2, 0.25) is 10.0 Å². The van der Waals surface area contributed by atoms with Crippen LogP contribution in [0.4, 0.5) is 0 Å². The Morgan fingerprint density at radius 3 is 2.53 bits per heavy atom. The van der Waals surface area contributed by atoms with Crippen molar-refractivity contribution >= 4 is 21.6 Å². The van der Waals surface area contributed by atoms with Crippen LogP contribution in [0.3, 0.4) is 0 Å². The average molecular weight is 252 g/mol. The molecule has 1 rings (SSSR count).